The second kappa shape index (κ2) is 11.9. The smallest absolute Gasteiger partial charge is 0.276 e. The molecule has 0 spiro atoms. The summed E-state index contributed by atoms with van der Waals surface area (Å²) in [6, 6.07) is 16.1. The largest absolute Gasteiger partial charge is 0.371 e. The number of hydrogen-bond donors (Lipinski definition) is 1. The molecule has 6 nitrogen and oxygen atoms in total. The van der Waals surface area contributed by atoms with E-state index >= 15 is 0 Å². The lowest BCUT2D eigenvalue weighted by atomic mass is 9.98. The van der Waals surface area contributed by atoms with Crippen LogP contribution in [-0.2, 0) is 24.1 Å². The highest BCUT2D eigenvalue weighted by Crippen LogP contribution is 2.25. The van der Waals surface area contributed by atoms with E-state index in [1.165, 1.54) is 11.1 Å². The van der Waals surface area contributed by atoms with E-state index < -0.39 is 0 Å². The number of nitrogens with zero attached hydrogens (tertiary/aromatic N) is 3. The predicted molar refractivity (Wildman–Crippen MR) is 151 cm³/mol. The Kier molecular flexibility index (Phi) is 8.39. The van der Waals surface area contributed by atoms with Crippen molar-refractivity contribution < 1.29 is 9.59 Å². The van der Waals surface area contributed by atoms with Crippen LogP contribution in [0.4, 0.5) is 11.4 Å². The monoisotopic (exact) mass is 496 g/mol. The summed E-state index contributed by atoms with van der Waals surface area (Å²) in [6.45, 7) is 11.8. The summed E-state index contributed by atoms with van der Waals surface area (Å²) in [4.78, 5) is 26.9. The van der Waals surface area contributed by atoms with Gasteiger partial charge in [-0.25, -0.2) is 4.68 Å². The summed E-state index contributed by atoms with van der Waals surface area (Å²) in [5.41, 5.74) is 7.69. The van der Waals surface area contributed by atoms with Gasteiger partial charge in [-0.15, -0.1) is 0 Å². The molecule has 2 aromatic carbocycles. The van der Waals surface area contributed by atoms with E-state index in [1.54, 1.807) is 6.08 Å². The van der Waals surface area contributed by atoms with Crippen LogP contribution in [-0.4, -0.2) is 34.6 Å². The third kappa shape index (κ3) is 5.91. The maximum absolute atomic E-state index is 13.1. The van der Waals surface area contributed by atoms with Crippen molar-refractivity contribution in [1.82, 2.24) is 9.78 Å². The molecule has 0 aliphatic carbocycles. The number of rotatable bonds is 9. The minimum absolute atomic E-state index is 0.252. The summed E-state index contributed by atoms with van der Waals surface area (Å²) in [6.07, 6.45) is 7.57. The Morgan fingerprint density at radius 1 is 0.973 bits per heavy atom. The molecule has 0 bridgehead atoms. The summed E-state index contributed by atoms with van der Waals surface area (Å²) in [5, 5.41) is 7.69. The Morgan fingerprint density at radius 3 is 2.30 bits per heavy atom. The summed E-state index contributed by atoms with van der Waals surface area (Å²) >= 11 is 0. The Morgan fingerprint density at radius 2 is 1.68 bits per heavy atom. The molecule has 1 aromatic heterocycles. The number of anilines is 2. The van der Waals surface area contributed by atoms with Crippen LogP contribution in [0.15, 0.2) is 67.3 Å². The average molecular weight is 497 g/mol. The number of carbonyl (C=O) groups is 2. The Hall–Kier alpha value is -3.93. The number of aryl methyl sites for hydroxylation is 3. The molecule has 0 radical (unpaired) electrons. The van der Waals surface area contributed by atoms with Crippen LogP contribution in [0.5, 0.6) is 0 Å². The number of ketones is 1. The predicted octanol–water partition coefficient (Wildman–Crippen LogP) is 6.07. The van der Waals surface area contributed by atoms with Gasteiger partial charge in [0.2, 0.25) is 0 Å². The number of carbonyl (C=O) groups excluding carboxylic acids is 2. The van der Waals surface area contributed by atoms with Crippen molar-refractivity contribution in [3.05, 3.63) is 95.3 Å². The molecule has 192 valence electrons. The first-order chi connectivity index (χ1) is 18.0. The fraction of sp³-hybridized carbons (Fsp3) is 0.323. The third-order valence-electron chi connectivity index (χ3n) is 6.96. The minimum Gasteiger partial charge on any atom is -0.371 e. The van der Waals surface area contributed by atoms with Crippen molar-refractivity contribution in [1.29, 1.82) is 0 Å². The fourth-order valence-corrected chi connectivity index (χ4v) is 4.82. The third-order valence-corrected chi connectivity index (χ3v) is 6.96. The molecule has 1 fully saturated rings. The van der Waals surface area contributed by atoms with Gasteiger partial charge in [0.1, 0.15) is 5.78 Å². The van der Waals surface area contributed by atoms with Gasteiger partial charge in [0, 0.05) is 48.6 Å². The molecule has 0 unspecified atom stereocenters. The first-order valence-electron chi connectivity index (χ1n) is 13.2. The van der Waals surface area contributed by atoms with E-state index in [0.29, 0.717) is 30.0 Å². The van der Waals surface area contributed by atoms with Crippen molar-refractivity contribution in [2.24, 2.45) is 0 Å². The molecular formula is C31H36N4O2. The van der Waals surface area contributed by atoms with Crippen molar-refractivity contribution in [3.8, 4) is 0 Å². The van der Waals surface area contributed by atoms with E-state index in [0.717, 1.165) is 55.0 Å². The Bertz CT molecular complexity index is 1310. The molecular weight excluding hydrogens is 460 g/mol. The highest BCUT2D eigenvalue weighted by molar-refractivity contribution is 6.03. The van der Waals surface area contributed by atoms with E-state index in [4.69, 9.17) is 5.10 Å². The van der Waals surface area contributed by atoms with Gasteiger partial charge in [-0.05, 0) is 72.9 Å². The molecule has 1 N–H and O–H groups in total. The first-order valence-corrected chi connectivity index (χ1v) is 13.2. The lowest BCUT2D eigenvalue weighted by molar-refractivity contribution is -0.119. The normalized spacial score (nSPS) is 14.1. The zero-order chi connectivity index (χ0) is 26.4. The van der Waals surface area contributed by atoms with Crippen molar-refractivity contribution >= 4 is 28.8 Å². The second-order valence-corrected chi connectivity index (χ2v) is 9.29. The summed E-state index contributed by atoms with van der Waals surface area (Å²) < 4.78 is 1.86. The fourth-order valence-electron chi connectivity index (χ4n) is 4.82. The zero-order valence-corrected chi connectivity index (χ0v) is 22.1. The van der Waals surface area contributed by atoms with Gasteiger partial charge in [0.15, 0.2) is 5.69 Å². The zero-order valence-electron chi connectivity index (χ0n) is 22.1. The van der Waals surface area contributed by atoms with Gasteiger partial charge in [-0.3, -0.25) is 9.59 Å². The van der Waals surface area contributed by atoms with Crippen LogP contribution in [0, 0.1) is 0 Å². The van der Waals surface area contributed by atoms with Crippen LogP contribution in [0.2, 0.25) is 0 Å². The molecule has 1 aliphatic heterocycles. The molecule has 3 aromatic rings. The first kappa shape index (κ1) is 26.1. The van der Waals surface area contributed by atoms with Crippen LogP contribution in [0.1, 0.15) is 66.5 Å². The molecule has 2 heterocycles. The number of allylic oxidation sites excluding steroid dienone is 2. The van der Waals surface area contributed by atoms with Gasteiger partial charge in [0.05, 0.1) is 5.70 Å². The highest BCUT2D eigenvalue weighted by atomic mass is 16.2. The van der Waals surface area contributed by atoms with Crippen molar-refractivity contribution in [2.45, 2.75) is 52.9 Å². The molecule has 4 rings (SSSR count). The van der Waals surface area contributed by atoms with Crippen LogP contribution in [0.3, 0.4) is 0 Å². The average Bonchev–Trinajstić information content (AvgIpc) is 3.36. The highest BCUT2D eigenvalue weighted by Gasteiger charge is 2.19. The summed E-state index contributed by atoms with van der Waals surface area (Å²) in [5.74, 6) is 0.0687. The topological polar surface area (TPSA) is 67.2 Å². The molecule has 0 atom stereocenters. The van der Waals surface area contributed by atoms with Gasteiger partial charge >= 0.3 is 0 Å². The standard InChI is InChI=1S/C31H36N4O2/c1-5-9-30(24-11-10-22(6-2)23(7-3)20-24)35-26(8-4)21-29(33-35)31(37)32-25-12-14-27(15-13-25)34-18-16-28(36)17-19-34/h5,9-15,20-21H,1,6-8,16-19H2,2-4H3,(H,32,37)/b30-9-. The Balaban J connectivity index is 1.56. The molecule has 1 amide bonds. The lowest BCUT2D eigenvalue weighted by Crippen LogP contribution is -2.33. The molecule has 1 saturated heterocycles. The molecule has 0 saturated carbocycles. The van der Waals surface area contributed by atoms with E-state index in [9.17, 15) is 9.59 Å². The number of benzene rings is 2. The number of piperidine rings is 1. The van der Waals surface area contributed by atoms with Crippen LogP contribution >= 0.6 is 0 Å². The van der Waals surface area contributed by atoms with E-state index in [1.807, 2.05) is 41.1 Å². The lowest BCUT2D eigenvalue weighted by Gasteiger charge is -2.28. The maximum Gasteiger partial charge on any atom is 0.276 e. The van der Waals surface area contributed by atoms with Gasteiger partial charge in [0.25, 0.3) is 5.91 Å². The maximum atomic E-state index is 13.1. The van der Waals surface area contributed by atoms with Gasteiger partial charge in [-0.1, -0.05) is 45.6 Å². The molecule has 1 aliphatic rings. The van der Waals surface area contributed by atoms with Gasteiger partial charge < -0.3 is 10.2 Å². The SMILES string of the molecule is C=C/C=C(/c1ccc(CC)c(CC)c1)n1nc(C(=O)Nc2ccc(N3CCC(=O)CC3)cc2)cc1CC. The van der Waals surface area contributed by atoms with Crippen LogP contribution in [0.25, 0.3) is 5.70 Å². The number of nitrogens with one attached hydrogen (secondary N) is 1. The van der Waals surface area contributed by atoms with Crippen molar-refractivity contribution in [2.75, 3.05) is 23.3 Å². The molecule has 37 heavy (non-hydrogen) atoms. The second-order valence-electron chi connectivity index (χ2n) is 9.29. The number of amides is 1. The Labute approximate surface area is 219 Å². The minimum atomic E-state index is -0.252. The van der Waals surface area contributed by atoms with E-state index in [-0.39, 0.29) is 5.91 Å². The number of Topliss-reactive ketones (excluding diaryl/α,β-unsaturated/α-hetero) is 1. The molecule has 6 heteroatoms. The number of aromatic nitrogens is 2. The van der Waals surface area contributed by atoms with Crippen molar-refractivity contribution in [3.63, 3.8) is 0 Å². The van der Waals surface area contributed by atoms with Crippen LogP contribution < -0.4 is 10.2 Å². The van der Waals surface area contributed by atoms with E-state index in [2.05, 4.69) is 55.8 Å². The number of hydrogen-bond acceptors (Lipinski definition) is 4. The van der Waals surface area contributed by atoms with Gasteiger partial charge in [-0.2, -0.15) is 5.10 Å². The quantitative estimate of drug-likeness (QED) is 0.365. The summed E-state index contributed by atoms with van der Waals surface area (Å²) in [7, 11) is 0.